The Kier molecular flexibility index (Phi) is 4.25. The Bertz CT molecular complexity index is 430. The van der Waals surface area contributed by atoms with Gasteiger partial charge in [0.05, 0.1) is 6.10 Å². The number of aliphatic hydroxyl groups is 1. The van der Waals surface area contributed by atoms with Crippen LogP contribution in [0, 0.1) is 0 Å². The zero-order valence-corrected chi connectivity index (χ0v) is 10.5. The summed E-state index contributed by atoms with van der Waals surface area (Å²) in [5, 5.41) is 17.5. The first kappa shape index (κ1) is 12.2. The lowest BCUT2D eigenvalue weighted by atomic mass is 10.1. The predicted octanol–water partition coefficient (Wildman–Crippen LogP) is 2.53. The molecule has 2 N–H and O–H groups in total. The fourth-order valence-corrected chi connectivity index (χ4v) is 2.39. The Labute approximate surface area is 105 Å². The molecule has 4 heteroatoms. The van der Waals surface area contributed by atoms with Gasteiger partial charge in [-0.25, -0.2) is 0 Å². The maximum atomic E-state index is 9.98. The van der Waals surface area contributed by atoms with Crippen molar-refractivity contribution in [2.24, 2.45) is 0 Å². The van der Waals surface area contributed by atoms with Crippen molar-refractivity contribution in [3.63, 3.8) is 0 Å². The first-order valence-corrected chi connectivity index (χ1v) is 6.55. The van der Waals surface area contributed by atoms with Gasteiger partial charge in [-0.3, -0.25) is 4.98 Å². The van der Waals surface area contributed by atoms with Crippen LogP contribution in [-0.4, -0.2) is 16.6 Å². The van der Waals surface area contributed by atoms with Crippen LogP contribution in [0.1, 0.15) is 30.2 Å². The molecule has 0 bridgehead atoms. The molecule has 0 saturated heterocycles. The molecule has 2 heterocycles. The van der Waals surface area contributed by atoms with E-state index < -0.39 is 6.10 Å². The van der Waals surface area contributed by atoms with Gasteiger partial charge in [-0.15, -0.1) is 0 Å². The van der Waals surface area contributed by atoms with E-state index in [-0.39, 0.29) is 6.04 Å². The van der Waals surface area contributed by atoms with Crippen molar-refractivity contribution >= 4 is 11.3 Å². The van der Waals surface area contributed by atoms with E-state index in [0.29, 0.717) is 6.54 Å². The lowest BCUT2D eigenvalue weighted by Crippen LogP contribution is -2.24. The summed E-state index contributed by atoms with van der Waals surface area (Å²) in [5.74, 6) is 0. The van der Waals surface area contributed by atoms with Gasteiger partial charge in [0.1, 0.15) is 0 Å². The molecule has 2 aromatic heterocycles. The van der Waals surface area contributed by atoms with Crippen molar-refractivity contribution in [1.82, 2.24) is 10.3 Å². The third kappa shape index (κ3) is 3.36. The Hall–Kier alpha value is -1.23. The predicted molar refractivity (Wildman–Crippen MR) is 69.9 cm³/mol. The van der Waals surface area contributed by atoms with Gasteiger partial charge in [-0.05, 0) is 47.0 Å². The summed E-state index contributed by atoms with van der Waals surface area (Å²) in [6.07, 6.45) is 2.90. The first-order chi connectivity index (χ1) is 8.27. The van der Waals surface area contributed by atoms with E-state index in [1.165, 1.54) is 5.56 Å². The molecule has 3 nitrogen and oxygen atoms in total. The van der Waals surface area contributed by atoms with Crippen LogP contribution in [0.2, 0.25) is 0 Å². The molecule has 2 unspecified atom stereocenters. The lowest BCUT2D eigenvalue weighted by Gasteiger charge is -2.16. The molecule has 2 atom stereocenters. The van der Waals surface area contributed by atoms with Crippen LogP contribution in [0.5, 0.6) is 0 Å². The monoisotopic (exact) mass is 248 g/mol. The van der Waals surface area contributed by atoms with Crippen molar-refractivity contribution in [3.05, 3.63) is 52.5 Å². The zero-order chi connectivity index (χ0) is 12.1. The van der Waals surface area contributed by atoms with Crippen LogP contribution in [0.15, 0.2) is 41.4 Å². The fourth-order valence-electron chi connectivity index (χ4n) is 1.63. The maximum Gasteiger partial charge on any atom is 0.0915 e. The van der Waals surface area contributed by atoms with Crippen LogP contribution >= 0.6 is 11.3 Å². The van der Waals surface area contributed by atoms with Gasteiger partial charge in [0.25, 0.3) is 0 Å². The minimum Gasteiger partial charge on any atom is -0.387 e. The SMILES string of the molecule is CC(NCC(O)c1ccncc1)c1ccsc1. The third-order valence-electron chi connectivity index (χ3n) is 2.75. The second-order valence-electron chi connectivity index (χ2n) is 3.98. The number of aromatic nitrogens is 1. The van der Waals surface area contributed by atoms with Crippen LogP contribution < -0.4 is 5.32 Å². The third-order valence-corrected chi connectivity index (χ3v) is 3.45. The van der Waals surface area contributed by atoms with Crippen LogP contribution in [-0.2, 0) is 0 Å². The van der Waals surface area contributed by atoms with E-state index in [9.17, 15) is 5.11 Å². The Morgan fingerprint density at radius 3 is 2.71 bits per heavy atom. The molecule has 0 fully saturated rings. The van der Waals surface area contributed by atoms with E-state index in [1.807, 2.05) is 12.1 Å². The van der Waals surface area contributed by atoms with Crippen molar-refractivity contribution in [2.45, 2.75) is 19.1 Å². The summed E-state index contributed by atoms with van der Waals surface area (Å²) < 4.78 is 0. The summed E-state index contributed by atoms with van der Waals surface area (Å²) in [6.45, 7) is 2.64. The summed E-state index contributed by atoms with van der Waals surface area (Å²) in [7, 11) is 0. The molecule has 0 aliphatic carbocycles. The summed E-state index contributed by atoms with van der Waals surface area (Å²) in [4.78, 5) is 3.93. The van der Waals surface area contributed by atoms with Gasteiger partial charge in [0, 0.05) is 25.0 Å². The van der Waals surface area contributed by atoms with E-state index in [1.54, 1.807) is 23.7 Å². The smallest absolute Gasteiger partial charge is 0.0915 e. The number of pyridine rings is 1. The van der Waals surface area contributed by atoms with Crippen molar-refractivity contribution in [2.75, 3.05) is 6.54 Å². The highest BCUT2D eigenvalue weighted by Gasteiger charge is 2.10. The minimum atomic E-state index is -0.487. The number of hydrogen-bond donors (Lipinski definition) is 2. The molecule has 0 spiro atoms. The highest BCUT2D eigenvalue weighted by molar-refractivity contribution is 7.07. The minimum absolute atomic E-state index is 0.262. The molecule has 0 aliphatic heterocycles. The number of thiophene rings is 1. The average molecular weight is 248 g/mol. The summed E-state index contributed by atoms with van der Waals surface area (Å²) >= 11 is 1.69. The Balaban J connectivity index is 1.86. The van der Waals surface area contributed by atoms with Crippen molar-refractivity contribution in [1.29, 1.82) is 0 Å². The molecule has 0 aromatic carbocycles. The second-order valence-corrected chi connectivity index (χ2v) is 4.76. The maximum absolute atomic E-state index is 9.98. The number of nitrogens with zero attached hydrogens (tertiary/aromatic N) is 1. The Morgan fingerprint density at radius 2 is 2.06 bits per heavy atom. The normalized spacial score (nSPS) is 14.5. The highest BCUT2D eigenvalue weighted by atomic mass is 32.1. The molecule has 0 radical (unpaired) electrons. The summed E-state index contributed by atoms with van der Waals surface area (Å²) in [5.41, 5.74) is 2.15. The molecule has 2 aromatic rings. The van der Waals surface area contributed by atoms with E-state index >= 15 is 0 Å². The number of nitrogens with one attached hydrogen (secondary N) is 1. The molecule has 90 valence electrons. The Morgan fingerprint density at radius 1 is 1.29 bits per heavy atom. The lowest BCUT2D eigenvalue weighted by molar-refractivity contribution is 0.170. The number of aliphatic hydroxyl groups excluding tert-OH is 1. The molecule has 0 amide bonds. The standard InChI is InChI=1S/C13H16N2OS/c1-10(12-4-7-17-9-12)15-8-13(16)11-2-5-14-6-3-11/h2-7,9-10,13,15-16H,8H2,1H3. The van der Waals surface area contributed by atoms with Gasteiger partial charge < -0.3 is 10.4 Å². The van der Waals surface area contributed by atoms with Gasteiger partial charge in [0.15, 0.2) is 0 Å². The van der Waals surface area contributed by atoms with Gasteiger partial charge in [-0.1, -0.05) is 0 Å². The largest absolute Gasteiger partial charge is 0.387 e. The highest BCUT2D eigenvalue weighted by Crippen LogP contribution is 2.17. The average Bonchev–Trinajstić information content (AvgIpc) is 2.90. The zero-order valence-electron chi connectivity index (χ0n) is 9.71. The van der Waals surface area contributed by atoms with Crippen molar-refractivity contribution in [3.8, 4) is 0 Å². The van der Waals surface area contributed by atoms with E-state index in [0.717, 1.165) is 5.56 Å². The van der Waals surface area contributed by atoms with Crippen molar-refractivity contribution < 1.29 is 5.11 Å². The van der Waals surface area contributed by atoms with Crippen LogP contribution in [0.4, 0.5) is 0 Å². The molecule has 17 heavy (non-hydrogen) atoms. The second kappa shape index (κ2) is 5.91. The van der Waals surface area contributed by atoms with Crippen LogP contribution in [0.3, 0.4) is 0 Å². The van der Waals surface area contributed by atoms with Crippen LogP contribution in [0.25, 0.3) is 0 Å². The van der Waals surface area contributed by atoms with Gasteiger partial charge >= 0.3 is 0 Å². The molecule has 0 saturated carbocycles. The quantitative estimate of drug-likeness (QED) is 0.854. The van der Waals surface area contributed by atoms with Gasteiger partial charge in [0.2, 0.25) is 0 Å². The van der Waals surface area contributed by atoms with Gasteiger partial charge in [-0.2, -0.15) is 11.3 Å². The van der Waals surface area contributed by atoms with E-state index in [2.05, 4.69) is 34.1 Å². The number of hydrogen-bond acceptors (Lipinski definition) is 4. The number of rotatable bonds is 5. The molecular formula is C13H16N2OS. The van der Waals surface area contributed by atoms with E-state index in [4.69, 9.17) is 0 Å². The summed E-state index contributed by atoms with van der Waals surface area (Å²) in [6, 6.07) is 6.03. The first-order valence-electron chi connectivity index (χ1n) is 5.61. The molecule has 2 rings (SSSR count). The topological polar surface area (TPSA) is 45.1 Å². The fraction of sp³-hybridized carbons (Fsp3) is 0.308. The molecule has 0 aliphatic rings. The molecular weight excluding hydrogens is 232 g/mol.